The number of piperazine rings is 1. The Labute approximate surface area is 216 Å². The van der Waals surface area contributed by atoms with E-state index in [2.05, 4.69) is 75.9 Å². The fraction of sp³-hybridized carbons (Fsp3) is 0.469. The molecule has 0 unspecified atom stereocenters. The average molecular weight is 485 g/mol. The van der Waals surface area contributed by atoms with Crippen LogP contribution in [0.1, 0.15) is 84.7 Å². The molecule has 1 saturated heterocycles. The van der Waals surface area contributed by atoms with Crippen molar-refractivity contribution < 1.29 is 9.21 Å². The van der Waals surface area contributed by atoms with E-state index < -0.39 is 0 Å². The first kappa shape index (κ1) is 24.8. The molecular formula is C32H40N2O2. The molecule has 1 fully saturated rings. The van der Waals surface area contributed by atoms with Gasteiger partial charge in [-0.25, -0.2) is 0 Å². The number of fused-ring (bicyclic) bond motifs is 1. The maximum atomic E-state index is 13.2. The third-order valence-corrected chi connectivity index (χ3v) is 8.45. The lowest BCUT2D eigenvalue weighted by molar-refractivity contribution is 0.0596. The highest BCUT2D eigenvalue weighted by atomic mass is 16.4. The summed E-state index contributed by atoms with van der Waals surface area (Å²) in [5.74, 6) is 1.32. The van der Waals surface area contributed by atoms with Gasteiger partial charge in [0.25, 0.3) is 5.91 Å². The van der Waals surface area contributed by atoms with Gasteiger partial charge >= 0.3 is 0 Å². The Hall–Kier alpha value is -2.85. The number of carbonyl (C=O) groups is 1. The van der Waals surface area contributed by atoms with Crippen LogP contribution in [0, 0.1) is 6.92 Å². The molecule has 1 aromatic heterocycles. The van der Waals surface area contributed by atoms with Crippen LogP contribution in [0.5, 0.6) is 0 Å². The van der Waals surface area contributed by atoms with Gasteiger partial charge in [-0.15, -0.1) is 0 Å². The van der Waals surface area contributed by atoms with E-state index in [9.17, 15) is 4.79 Å². The van der Waals surface area contributed by atoms with E-state index in [4.69, 9.17) is 4.42 Å². The third-order valence-electron chi connectivity index (χ3n) is 8.45. The summed E-state index contributed by atoms with van der Waals surface area (Å²) >= 11 is 0. The topological polar surface area (TPSA) is 36.7 Å². The van der Waals surface area contributed by atoms with E-state index >= 15 is 0 Å². The highest BCUT2D eigenvalue weighted by Gasteiger charge is 2.37. The van der Waals surface area contributed by atoms with E-state index in [1.54, 1.807) is 0 Å². The summed E-state index contributed by atoms with van der Waals surface area (Å²) in [5.41, 5.74) is 7.26. The molecule has 2 aromatic carbocycles. The van der Waals surface area contributed by atoms with Crippen LogP contribution >= 0.6 is 0 Å². The SMILES string of the molecule is Cc1cc2c(cc1Cc1ccc(C(=O)N3CCN(Cc4ccccc4)CC3)o1)C(C)(C)CCC2(C)C. The van der Waals surface area contributed by atoms with Crippen LogP contribution in [-0.4, -0.2) is 41.9 Å². The van der Waals surface area contributed by atoms with Crippen LogP contribution < -0.4 is 0 Å². The molecule has 1 aliphatic carbocycles. The van der Waals surface area contributed by atoms with Gasteiger partial charge in [-0.05, 0) is 70.5 Å². The maximum absolute atomic E-state index is 13.2. The predicted octanol–water partition coefficient (Wildman–Crippen LogP) is 6.49. The van der Waals surface area contributed by atoms with Crippen LogP contribution in [0.3, 0.4) is 0 Å². The lowest BCUT2D eigenvalue weighted by Gasteiger charge is -2.42. The van der Waals surface area contributed by atoms with Gasteiger partial charge in [-0.2, -0.15) is 0 Å². The Morgan fingerprint density at radius 1 is 0.861 bits per heavy atom. The molecule has 0 N–H and O–H groups in total. The minimum absolute atomic E-state index is 0.00524. The molecule has 36 heavy (non-hydrogen) atoms. The second kappa shape index (κ2) is 9.55. The van der Waals surface area contributed by atoms with Gasteiger partial charge in [-0.1, -0.05) is 70.2 Å². The third kappa shape index (κ3) is 5.01. The van der Waals surface area contributed by atoms with Gasteiger partial charge in [0.15, 0.2) is 5.76 Å². The van der Waals surface area contributed by atoms with Crippen molar-refractivity contribution in [1.82, 2.24) is 9.80 Å². The molecular weight excluding hydrogens is 444 g/mol. The first-order chi connectivity index (χ1) is 17.1. The molecule has 1 amide bonds. The normalized spacial score (nSPS) is 19.2. The monoisotopic (exact) mass is 484 g/mol. The van der Waals surface area contributed by atoms with Crippen LogP contribution in [0.2, 0.25) is 0 Å². The Kier molecular flexibility index (Phi) is 6.59. The number of amides is 1. The molecule has 0 saturated carbocycles. The van der Waals surface area contributed by atoms with Crippen LogP contribution in [0.4, 0.5) is 0 Å². The van der Waals surface area contributed by atoms with Gasteiger partial charge in [0, 0.05) is 39.1 Å². The van der Waals surface area contributed by atoms with E-state index in [1.807, 2.05) is 23.1 Å². The summed E-state index contributed by atoms with van der Waals surface area (Å²) in [7, 11) is 0. The number of carbonyl (C=O) groups excluding carboxylic acids is 1. The van der Waals surface area contributed by atoms with Gasteiger partial charge in [0.05, 0.1) is 0 Å². The van der Waals surface area contributed by atoms with Crippen molar-refractivity contribution in [2.75, 3.05) is 26.2 Å². The summed E-state index contributed by atoms with van der Waals surface area (Å²) in [6.07, 6.45) is 3.14. The Morgan fingerprint density at radius 3 is 2.17 bits per heavy atom. The number of rotatable bonds is 5. The Morgan fingerprint density at radius 2 is 1.50 bits per heavy atom. The number of aryl methyl sites for hydroxylation is 1. The van der Waals surface area contributed by atoms with Crippen molar-refractivity contribution in [2.24, 2.45) is 0 Å². The van der Waals surface area contributed by atoms with E-state index in [-0.39, 0.29) is 16.7 Å². The summed E-state index contributed by atoms with van der Waals surface area (Å²) in [6.45, 7) is 15.8. The number of nitrogens with zero attached hydrogens (tertiary/aromatic N) is 2. The molecule has 0 bridgehead atoms. The smallest absolute Gasteiger partial charge is 0.289 e. The van der Waals surface area contributed by atoms with E-state index in [0.29, 0.717) is 12.2 Å². The molecule has 2 aliphatic rings. The van der Waals surface area contributed by atoms with Crippen LogP contribution in [0.15, 0.2) is 59.0 Å². The first-order valence-corrected chi connectivity index (χ1v) is 13.4. The van der Waals surface area contributed by atoms with Crippen LogP contribution in [-0.2, 0) is 23.8 Å². The standard InChI is InChI=1S/C32H40N2O2/c1-23-19-27-28(32(4,5)14-13-31(27,2)3)21-25(23)20-26-11-12-29(36-26)30(35)34-17-15-33(16-18-34)22-24-9-7-6-8-10-24/h6-12,19,21H,13-18,20,22H2,1-5H3. The Bertz CT molecular complexity index is 1230. The van der Waals surface area contributed by atoms with Crippen molar-refractivity contribution in [1.29, 1.82) is 0 Å². The zero-order valence-corrected chi connectivity index (χ0v) is 22.6. The van der Waals surface area contributed by atoms with Crippen molar-refractivity contribution in [2.45, 2.75) is 71.3 Å². The highest BCUT2D eigenvalue weighted by molar-refractivity contribution is 5.91. The molecule has 4 nitrogen and oxygen atoms in total. The zero-order chi connectivity index (χ0) is 25.5. The lowest BCUT2D eigenvalue weighted by atomic mass is 9.62. The van der Waals surface area contributed by atoms with Crippen molar-refractivity contribution in [3.05, 3.63) is 93.9 Å². The molecule has 0 atom stereocenters. The van der Waals surface area contributed by atoms with Crippen molar-refractivity contribution >= 4 is 5.91 Å². The van der Waals surface area contributed by atoms with Gasteiger partial charge in [0.2, 0.25) is 0 Å². The maximum Gasteiger partial charge on any atom is 0.289 e. The molecule has 3 aromatic rings. The number of hydrogen-bond acceptors (Lipinski definition) is 3. The van der Waals surface area contributed by atoms with Gasteiger partial charge in [-0.3, -0.25) is 9.69 Å². The highest BCUT2D eigenvalue weighted by Crippen LogP contribution is 2.46. The largest absolute Gasteiger partial charge is 0.456 e. The molecule has 0 radical (unpaired) electrons. The first-order valence-electron chi connectivity index (χ1n) is 13.4. The molecule has 190 valence electrons. The summed E-state index contributed by atoms with van der Waals surface area (Å²) < 4.78 is 6.11. The summed E-state index contributed by atoms with van der Waals surface area (Å²) in [6, 6.07) is 19.2. The van der Waals surface area contributed by atoms with Gasteiger partial charge in [0.1, 0.15) is 5.76 Å². The lowest BCUT2D eigenvalue weighted by Crippen LogP contribution is -2.48. The molecule has 2 heterocycles. The second-order valence-electron chi connectivity index (χ2n) is 12.1. The van der Waals surface area contributed by atoms with Crippen molar-refractivity contribution in [3.8, 4) is 0 Å². The van der Waals surface area contributed by atoms with Crippen LogP contribution in [0.25, 0.3) is 0 Å². The number of furan rings is 1. The minimum atomic E-state index is 0.00524. The molecule has 5 rings (SSSR count). The summed E-state index contributed by atoms with van der Waals surface area (Å²) in [4.78, 5) is 17.5. The summed E-state index contributed by atoms with van der Waals surface area (Å²) in [5, 5.41) is 0. The van der Waals surface area contributed by atoms with E-state index in [0.717, 1.165) is 38.5 Å². The predicted molar refractivity (Wildman–Crippen MR) is 146 cm³/mol. The fourth-order valence-electron chi connectivity index (χ4n) is 5.84. The van der Waals surface area contributed by atoms with Crippen molar-refractivity contribution in [3.63, 3.8) is 0 Å². The second-order valence-corrected chi connectivity index (χ2v) is 12.1. The molecule has 0 spiro atoms. The number of benzene rings is 2. The molecule has 4 heteroatoms. The Balaban J connectivity index is 1.25. The minimum Gasteiger partial charge on any atom is -0.456 e. The zero-order valence-electron chi connectivity index (χ0n) is 22.6. The number of hydrogen-bond donors (Lipinski definition) is 0. The fourth-order valence-corrected chi connectivity index (χ4v) is 5.84. The quantitative estimate of drug-likeness (QED) is 0.416. The average Bonchev–Trinajstić information content (AvgIpc) is 3.32. The van der Waals surface area contributed by atoms with Gasteiger partial charge < -0.3 is 9.32 Å². The van der Waals surface area contributed by atoms with E-state index in [1.165, 1.54) is 40.7 Å². The molecule has 1 aliphatic heterocycles.